The van der Waals surface area contributed by atoms with Crippen LogP contribution in [0.25, 0.3) is 0 Å². The van der Waals surface area contributed by atoms with Crippen LogP contribution in [0.3, 0.4) is 0 Å². The molecule has 0 aliphatic heterocycles. The highest BCUT2D eigenvalue weighted by Gasteiger charge is 2.40. The van der Waals surface area contributed by atoms with Gasteiger partial charge in [-0.1, -0.05) is 40.0 Å². The smallest absolute Gasteiger partial charge is 0.161 e. The second-order valence-corrected chi connectivity index (χ2v) is 9.61. The molecule has 106 valence electrons. The Morgan fingerprint density at radius 1 is 0.824 bits per heavy atom. The first-order chi connectivity index (χ1) is 7.63. The van der Waals surface area contributed by atoms with Crippen LogP contribution in [0.4, 0.5) is 0 Å². The Morgan fingerprint density at radius 2 is 1.12 bits per heavy atom. The second kappa shape index (κ2) is 11.8. The summed E-state index contributed by atoms with van der Waals surface area (Å²) in [5.74, 6) is -0.0304. The molecular formula is C14H32ClOP. The lowest BCUT2D eigenvalue weighted by Gasteiger charge is -2.30. The summed E-state index contributed by atoms with van der Waals surface area (Å²) in [6.07, 6.45) is 11.7. The van der Waals surface area contributed by atoms with Crippen molar-refractivity contribution < 1.29 is 17.5 Å². The zero-order valence-electron chi connectivity index (χ0n) is 12.2. The Hall–Kier alpha value is 0.680. The third kappa shape index (κ3) is 7.65. The number of halogens is 1. The second-order valence-electron chi connectivity index (χ2n) is 5.08. The molecule has 0 heterocycles. The van der Waals surface area contributed by atoms with Crippen LogP contribution < -0.4 is 12.4 Å². The van der Waals surface area contributed by atoms with E-state index in [9.17, 15) is 5.11 Å². The van der Waals surface area contributed by atoms with Gasteiger partial charge < -0.3 is 17.5 Å². The quantitative estimate of drug-likeness (QED) is 0.605. The maximum atomic E-state index is 10.2. The molecule has 0 bridgehead atoms. The first-order valence-electron chi connectivity index (χ1n) is 7.16. The van der Waals surface area contributed by atoms with Gasteiger partial charge in [0.05, 0.1) is 18.5 Å². The Labute approximate surface area is 116 Å². The zero-order valence-corrected chi connectivity index (χ0v) is 13.9. The van der Waals surface area contributed by atoms with Crippen LogP contribution in [0.2, 0.25) is 0 Å². The van der Waals surface area contributed by atoms with Crippen molar-refractivity contribution in [2.45, 2.75) is 72.1 Å². The van der Waals surface area contributed by atoms with E-state index in [0.717, 1.165) is 0 Å². The van der Waals surface area contributed by atoms with E-state index in [0.29, 0.717) is 0 Å². The first-order valence-corrected chi connectivity index (χ1v) is 9.58. The Balaban J connectivity index is 0. The molecule has 0 radical (unpaired) electrons. The highest BCUT2D eigenvalue weighted by Crippen LogP contribution is 2.63. The predicted molar refractivity (Wildman–Crippen MR) is 77.9 cm³/mol. The molecule has 0 saturated carbocycles. The van der Waals surface area contributed by atoms with Crippen molar-refractivity contribution in [2.24, 2.45) is 0 Å². The highest BCUT2D eigenvalue weighted by atomic mass is 35.5. The fraction of sp³-hybridized carbons (Fsp3) is 1.00. The third-order valence-corrected chi connectivity index (χ3v) is 8.87. The van der Waals surface area contributed by atoms with E-state index in [-0.39, 0.29) is 18.3 Å². The monoisotopic (exact) mass is 282 g/mol. The maximum Gasteiger partial charge on any atom is 0.161 e. The summed E-state index contributed by atoms with van der Waals surface area (Å²) < 4.78 is 0. The molecule has 1 atom stereocenters. The molecule has 0 aliphatic carbocycles. The van der Waals surface area contributed by atoms with Crippen LogP contribution in [-0.4, -0.2) is 29.4 Å². The summed E-state index contributed by atoms with van der Waals surface area (Å²) >= 11 is 0. The van der Waals surface area contributed by atoms with E-state index >= 15 is 0 Å². The molecule has 0 aromatic carbocycles. The first kappa shape index (κ1) is 20.0. The Kier molecular flexibility index (Phi) is 13.8. The van der Waals surface area contributed by atoms with Gasteiger partial charge in [-0.25, -0.2) is 0 Å². The summed E-state index contributed by atoms with van der Waals surface area (Å²) in [6, 6.07) is 0. The molecule has 1 nitrogen and oxygen atoms in total. The van der Waals surface area contributed by atoms with Gasteiger partial charge in [0.1, 0.15) is 0 Å². The van der Waals surface area contributed by atoms with E-state index in [1.165, 1.54) is 57.0 Å². The van der Waals surface area contributed by atoms with Gasteiger partial charge in [0.2, 0.25) is 0 Å². The van der Waals surface area contributed by atoms with Crippen molar-refractivity contribution in [3.8, 4) is 0 Å². The fourth-order valence-electron chi connectivity index (χ4n) is 2.31. The average molecular weight is 283 g/mol. The predicted octanol–water partition coefficient (Wildman–Crippen LogP) is 1.75. The van der Waals surface area contributed by atoms with Gasteiger partial charge in [-0.2, -0.15) is 0 Å². The van der Waals surface area contributed by atoms with Gasteiger partial charge in [0.15, 0.2) is 5.85 Å². The van der Waals surface area contributed by atoms with E-state index < -0.39 is 7.26 Å². The van der Waals surface area contributed by atoms with Gasteiger partial charge >= 0.3 is 0 Å². The van der Waals surface area contributed by atoms with Crippen molar-refractivity contribution in [3.63, 3.8) is 0 Å². The molecule has 0 fully saturated rings. The summed E-state index contributed by atoms with van der Waals surface area (Å²) in [7, 11) is -1.06. The molecule has 0 aliphatic rings. The highest BCUT2D eigenvalue weighted by molar-refractivity contribution is 7.76. The van der Waals surface area contributed by atoms with Crippen molar-refractivity contribution in [2.75, 3.05) is 18.5 Å². The fourth-order valence-corrected chi connectivity index (χ4v) is 6.94. The molecule has 0 amide bonds. The standard InChI is InChI=1S/C14H32OP.ClH/c1-5-8-11-16(14(4)15,12-9-6-2)13-10-7-3;/h14-15H,5-13H2,1-4H3;1H/q+1;/p-1. The summed E-state index contributed by atoms with van der Waals surface area (Å²) in [6.45, 7) is 8.83. The summed E-state index contributed by atoms with van der Waals surface area (Å²) in [5.41, 5.74) is 0. The molecular weight excluding hydrogens is 251 g/mol. The van der Waals surface area contributed by atoms with E-state index in [1.807, 2.05) is 0 Å². The van der Waals surface area contributed by atoms with Crippen molar-refractivity contribution in [3.05, 3.63) is 0 Å². The number of unbranched alkanes of at least 4 members (excludes halogenated alkanes) is 3. The molecule has 0 rings (SSSR count). The van der Waals surface area contributed by atoms with Gasteiger partial charge in [-0.3, -0.25) is 0 Å². The molecule has 0 spiro atoms. The molecule has 1 unspecified atom stereocenters. The lowest BCUT2D eigenvalue weighted by molar-refractivity contribution is -0.00000505. The summed E-state index contributed by atoms with van der Waals surface area (Å²) in [5, 5.41) is 10.2. The van der Waals surface area contributed by atoms with Crippen LogP contribution >= 0.6 is 7.26 Å². The van der Waals surface area contributed by atoms with E-state index in [1.54, 1.807) is 0 Å². The Morgan fingerprint density at radius 3 is 1.29 bits per heavy atom. The topological polar surface area (TPSA) is 20.2 Å². The molecule has 0 aromatic rings. The van der Waals surface area contributed by atoms with E-state index in [2.05, 4.69) is 27.7 Å². The lowest BCUT2D eigenvalue weighted by atomic mass is 10.4. The maximum absolute atomic E-state index is 10.2. The lowest BCUT2D eigenvalue weighted by Crippen LogP contribution is -3.00. The van der Waals surface area contributed by atoms with Crippen LogP contribution in [0.15, 0.2) is 0 Å². The minimum atomic E-state index is -1.06. The average Bonchev–Trinajstić information content (AvgIpc) is 2.28. The minimum Gasteiger partial charge on any atom is -1.00 e. The van der Waals surface area contributed by atoms with Gasteiger partial charge in [-0.05, 0) is 26.2 Å². The number of hydrogen-bond donors (Lipinski definition) is 1. The van der Waals surface area contributed by atoms with Gasteiger partial charge in [-0.15, -0.1) is 0 Å². The van der Waals surface area contributed by atoms with Gasteiger partial charge in [0.25, 0.3) is 0 Å². The van der Waals surface area contributed by atoms with Crippen LogP contribution in [0, 0.1) is 0 Å². The summed E-state index contributed by atoms with van der Waals surface area (Å²) in [4.78, 5) is 0. The Bertz CT molecular complexity index is 141. The molecule has 1 N–H and O–H groups in total. The zero-order chi connectivity index (χ0) is 12.4. The van der Waals surface area contributed by atoms with E-state index in [4.69, 9.17) is 0 Å². The number of rotatable bonds is 10. The van der Waals surface area contributed by atoms with Crippen LogP contribution in [0.5, 0.6) is 0 Å². The van der Waals surface area contributed by atoms with Crippen LogP contribution in [0.1, 0.15) is 66.2 Å². The van der Waals surface area contributed by atoms with Crippen molar-refractivity contribution >= 4 is 7.26 Å². The normalized spacial score (nSPS) is 13.2. The minimum absolute atomic E-state index is 0. The number of aliphatic hydroxyl groups excluding tert-OH is 1. The SMILES string of the molecule is CCCC[P+](CCCC)(CCCC)C(C)O.[Cl-]. The third-order valence-electron chi connectivity index (χ3n) is 3.66. The number of hydrogen-bond acceptors (Lipinski definition) is 1. The molecule has 0 saturated heterocycles. The molecule has 17 heavy (non-hydrogen) atoms. The largest absolute Gasteiger partial charge is 1.00 e. The van der Waals surface area contributed by atoms with Gasteiger partial charge in [0, 0.05) is 7.26 Å². The molecule has 3 heteroatoms. The van der Waals surface area contributed by atoms with Crippen molar-refractivity contribution in [1.82, 2.24) is 0 Å². The molecule has 0 aromatic heterocycles. The van der Waals surface area contributed by atoms with Crippen LogP contribution in [-0.2, 0) is 0 Å². The van der Waals surface area contributed by atoms with Crippen molar-refractivity contribution in [1.29, 1.82) is 0 Å². The number of aliphatic hydroxyl groups is 1.